The summed E-state index contributed by atoms with van der Waals surface area (Å²) in [5.74, 6) is 0.931. The SMILES string of the molecule is CCc1cc(Nc2ncc(Br)c(Nc3ccc4nccnc4c3P(C)(C)=O)n2)c(OC)cc1N1CCC(N2CCN(CC3CC(c4ccc(C5CCC(=O)NC5=O)c(F)c4)C3)CC2)CC1. The van der Waals surface area contributed by atoms with Crippen LogP contribution in [0.3, 0.4) is 0 Å². The molecule has 0 radical (unpaired) electrons. The molecule has 1 unspecified atom stereocenters. The molecule has 0 bridgehead atoms. The molecule has 17 heteroatoms. The number of halogens is 2. The third kappa shape index (κ3) is 9.77. The lowest BCUT2D eigenvalue weighted by molar-refractivity contribution is -0.134. The Morgan fingerprint density at radius 1 is 0.923 bits per heavy atom. The number of fused-ring (bicyclic) bond motifs is 1. The van der Waals surface area contributed by atoms with Crippen LogP contribution in [0.2, 0.25) is 0 Å². The maximum atomic E-state index is 15.2. The fraction of sp³-hybridized carbons (Fsp3) is 0.458. The molecule has 65 heavy (non-hydrogen) atoms. The molecule has 9 rings (SSSR count). The largest absolute Gasteiger partial charge is 0.494 e. The van der Waals surface area contributed by atoms with Gasteiger partial charge in [-0.25, -0.2) is 9.37 Å². The topological polar surface area (TPSA) is 158 Å². The van der Waals surface area contributed by atoms with Crippen molar-refractivity contribution >= 4 is 80.1 Å². The van der Waals surface area contributed by atoms with Crippen molar-refractivity contribution in [3.63, 3.8) is 0 Å². The van der Waals surface area contributed by atoms with Crippen LogP contribution in [0.15, 0.2) is 65.5 Å². The van der Waals surface area contributed by atoms with Crippen LogP contribution in [-0.4, -0.2) is 114 Å². The minimum absolute atomic E-state index is 0.243. The molecule has 1 aliphatic carbocycles. The highest BCUT2D eigenvalue weighted by Gasteiger charge is 2.36. The molecule has 1 atom stereocenters. The van der Waals surface area contributed by atoms with Crippen molar-refractivity contribution in [1.82, 2.24) is 35.1 Å². The van der Waals surface area contributed by atoms with E-state index in [1.165, 1.54) is 11.3 Å². The van der Waals surface area contributed by atoms with Gasteiger partial charge in [-0.2, -0.15) is 4.98 Å². The fourth-order valence-electron chi connectivity index (χ4n) is 10.3. The van der Waals surface area contributed by atoms with Crippen LogP contribution in [0.5, 0.6) is 5.75 Å². The first-order valence-corrected chi connectivity index (χ1v) is 26.2. The molecule has 5 heterocycles. The number of benzene rings is 3. The number of methoxy groups -OCH3 is 1. The highest BCUT2D eigenvalue weighted by atomic mass is 79.9. The van der Waals surface area contributed by atoms with Crippen LogP contribution in [0.25, 0.3) is 11.0 Å². The number of rotatable bonds is 13. The third-order valence-corrected chi connectivity index (χ3v) is 15.9. The number of aromatic nitrogens is 4. The average Bonchev–Trinajstić information content (AvgIpc) is 3.28. The van der Waals surface area contributed by atoms with Crippen molar-refractivity contribution in [3.05, 3.63) is 88.0 Å². The molecule has 5 aromatic rings. The predicted octanol–water partition coefficient (Wildman–Crippen LogP) is 7.93. The first kappa shape index (κ1) is 45.1. The third-order valence-electron chi connectivity index (χ3n) is 13.8. The first-order valence-electron chi connectivity index (χ1n) is 22.8. The summed E-state index contributed by atoms with van der Waals surface area (Å²) in [4.78, 5) is 50.0. The van der Waals surface area contributed by atoms with Crippen molar-refractivity contribution < 1.29 is 23.3 Å². The van der Waals surface area contributed by atoms with E-state index in [0.717, 1.165) is 89.2 Å². The number of carbonyl (C=O) groups excluding carboxylic acids is 2. The number of hydrogen-bond acceptors (Lipinski definition) is 13. The number of piperidine rings is 2. The number of anilines is 5. The summed E-state index contributed by atoms with van der Waals surface area (Å²) in [6, 6.07) is 13.9. The van der Waals surface area contributed by atoms with Gasteiger partial charge in [0, 0.05) is 94.2 Å². The van der Waals surface area contributed by atoms with Crippen molar-refractivity contribution in [3.8, 4) is 5.75 Å². The van der Waals surface area contributed by atoms with Gasteiger partial charge in [0.1, 0.15) is 30.0 Å². The van der Waals surface area contributed by atoms with Gasteiger partial charge in [-0.3, -0.25) is 29.8 Å². The van der Waals surface area contributed by atoms with E-state index in [9.17, 15) is 14.2 Å². The van der Waals surface area contributed by atoms with Crippen LogP contribution in [0, 0.1) is 11.7 Å². The maximum Gasteiger partial charge on any atom is 0.234 e. The number of nitrogens with one attached hydrogen (secondary N) is 3. The van der Waals surface area contributed by atoms with E-state index in [1.54, 1.807) is 51.2 Å². The fourth-order valence-corrected chi connectivity index (χ4v) is 11.9. The minimum Gasteiger partial charge on any atom is -0.494 e. The van der Waals surface area contributed by atoms with E-state index in [0.29, 0.717) is 73.9 Å². The Kier molecular flexibility index (Phi) is 13.2. The van der Waals surface area contributed by atoms with Crippen LogP contribution in [-0.2, 0) is 20.6 Å². The Balaban J connectivity index is 0.773. The van der Waals surface area contributed by atoms with Crippen LogP contribution in [0.1, 0.15) is 74.0 Å². The summed E-state index contributed by atoms with van der Waals surface area (Å²) in [7, 11) is -1.09. The predicted molar refractivity (Wildman–Crippen MR) is 258 cm³/mol. The normalized spacial score (nSPS) is 21.3. The number of imide groups is 1. The van der Waals surface area contributed by atoms with Gasteiger partial charge in [-0.15, -0.1) is 0 Å². The molecule has 4 fully saturated rings. The highest BCUT2D eigenvalue weighted by Crippen LogP contribution is 2.44. The molecule has 3 N–H and O–H groups in total. The van der Waals surface area contributed by atoms with Crippen molar-refractivity contribution in [2.24, 2.45) is 5.92 Å². The Bertz CT molecular complexity index is 2650. The number of nitrogens with zero attached hydrogens (tertiary/aromatic N) is 7. The van der Waals surface area contributed by atoms with Gasteiger partial charge in [-0.05, 0) is 115 Å². The molecule has 3 aliphatic heterocycles. The Morgan fingerprint density at radius 2 is 1.69 bits per heavy atom. The molecule has 2 aromatic heterocycles. The second kappa shape index (κ2) is 19.1. The number of piperazine rings is 1. The number of ether oxygens (including phenoxy) is 1. The lowest BCUT2D eigenvalue weighted by atomic mass is 9.71. The summed E-state index contributed by atoms with van der Waals surface area (Å²) in [5.41, 5.74) is 6.50. The van der Waals surface area contributed by atoms with Gasteiger partial charge in [0.05, 0.1) is 39.7 Å². The molecule has 3 saturated heterocycles. The Morgan fingerprint density at radius 3 is 2.40 bits per heavy atom. The standard InChI is InChI=1S/C48H57BrFN10O4P/c1-5-30-25-40(55-48-53-27-36(49)46(57-48)54-39-10-9-38-44(52-15-14-51-38)45(39)65(3,4)63)42(64-2)26-41(30)60-16-12-33(13-17-60)59-20-18-58(19-21-59)28-29-22-32(23-29)31-6-7-34(37(50)24-31)35-8-11-43(61)56-47(35)62/h6-7,9-10,14-15,24-27,29,32-33,35H,5,8,11-13,16-23,28H2,1-4H3,(H,56,61,62)(H2,53,54,55,57). The summed E-state index contributed by atoms with van der Waals surface area (Å²) < 4.78 is 35.3. The smallest absolute Gasteiger partial charge is 0.234 e. The molecule has 14 nitrogen and oxygen atoms in total. The van der Waals surface area contributed by atoms with E-state index in [-0.39, 0.29) is 18.1 Å². The highest BCUT2D eigenvalue weighted by molar-refractivity contribution is 9.10. The van der Waals surface area contributed by atoms with Crippen LogP contribution in [0.4, 0.5) is 33.2 Å². The van der Waals surface area contributed by atoms with Gasteiger partial charge in [-0.1, -0.05) is 19.1 Å². The first-order chi connectivity index (χ1) is 31.3. The molecular formula is C48H57BrFN10O4P. The average molecular weight is 968 g/mol. The van der Waals surface area contributed by atoms with Crippen LogP contribution >= 0.6 is 23.1 Å². The zero-order valence-electron chi connectivity index (χ0n) is 37.4. The zero-order valence-corrected chi connectivity index (χ0v) is 39.9. The van der Waals surface area contributed by atoms with Crippen molar-refractivity contribution in [2.45, 2.75) is 69.7 Å². The quantitative estimate of drug-likeness (QED) is 0.0773. The number of amides is 2. The summed E-state index contributed by atoms with van der Waals surface area (Å²) in [6.07, 6.45) is 10.7. The van der Waals surface area contributed by atoms with Gasteiger partial charge < -0.3 is 29.7 Å². The minimum atomic E-state index is -2.77. The van der Waals surface area contributed by atoms with Gasteiger partial charge in [0.25, 0.3) is 0 Å². The second-order valence-electron chi connectivity index (χ2n) is 18.3. The molecule has 0 spiro atoms. The Hall–Kier alpha value is -5.02. The molecule has 2 amide bonds. The van der Waals surface area contributed by atoms with E-state index >= 15 is 4.39 Å². The number of carbonyl (C=O) groups is 2. The van der Waals surface area contributed by atoms with E-state index < -0.39 is 19.0 Å². The maximum absolute atomic E-state index is 15.2. The van der Waals surface area contributed by atoms with E-state index in [4.69, 9.17) is 9.72 Å². The molecule has 1 saturated carbocycles. The van der Waals surface area contributed by atoms with E-state index in [2.05, 4.69) is 80.6 Å². The number of hydrogen-bond donors (Lipinski definition) is 3. The Labute approximate surface area is 388 Å². The zero-order chi connectivity index (χ0) is 45.4. The molecule has 3 aromatic carbocycles. The molecule has 342 valence electrons. The lowest BCUT2D eigenvalue weighted by Crippen LogP contribution is -2.54. The van der Waals surface area contributed by atoms with Gasteiger partial charge in [0.2, 0.25) is 17.8 Å². The van der Waals surface area contributed by atoms with Crippen molar-refractivity contribution in [1.29, 1.82) is 0 Å². The van der Waals surface area contributed by atoms with Crippen LogP contribution < -0.4 is 30.9 Å². The second-order valence-corrected chi connectivity index (χ2v) is 22.3. The summed E-state index contributed by atoms with van der Waals surface area (Å²) >= 11 is 3.60. The van der Waals surface area contributed by atoms with Crippen molar-refractivity contribution in [2.75, 3.05) is 81.8 Å². The monoisotopic (exact) mass is 966 g/mol. The molecule has 4 aliphatic rings. The van der Waals surface area contributed by atoms with Gasteiger partial charge in [0.15, 0.2) is 0 Å². The van der Waals surface area contributed by atoms with Gasteiger partial charge >= 0.3 is 0 Å². The summed E-state index contributed by atoms with van der Waals surface area (Å²) in [5, 5.41) is 9.75. The summed E-state index contributed by atoms with van der Waals surface area (Å²) in [6.45, 7) is 13.0. The van der Waals surface area contributed by atoms with E-state index in [1.807, 2.05) is 18.2 Å². The lowest BCUT2D eigenvalue weighted by Gasteiger charge is -2.45. The number of aryl methyl sites for hydroxylation is 1. The molecular weight excluding hydrogens is 910 g/mol.